The molecule has 0 aromatic carbocycles. The molecule has 1 saturated heterocycles. The van der Waals surface area contributed by atoms with Gasteiger partial charge in [-0.1, -0.05) is 18.2 Å². The van der Waals surface area contributed by atoms with E-state index in [1.807, 2.05) is 0 Å². The van der Waals surface area contributed by atoms with Gasteiger partial charge in [0, 0.05) is 19.1 Å². The summed E-state index contributed by atoms with van der Waals surface area (Å²) in [5.74, 6) is -1.62. The number of esters is 1. The molecule has 1 atom stereocenters. The van der Waals surface area contributed by atoms with Crippen LogP contribution in [0.5, 0.6) is 0 Å². The summed E-state index contributed by atoms with van der Waals surface area (Å²) in [7, 11) is -2.70. The maximum atomic E-state index is 13.0. The first kappa shape index (κ1) is 20.6. The van der Waals surface area contributed by atoms with E-state index in [1.54, 1.807) is 24.3 Å². The highest BCUT2D eigenvalue weighted by Gasteiger charge is 2.42. The van der Waals surface area contributed by atoms with Gasteiger partial charge in [0.1, 0.15) is 9.77 Å². The van der Waals surface area contributed by atoms with E-state index in [9.17, 15) is 22.8 Å². The molecular formula is C19H19N3O6S2. The maximum Gasteiger partial charge on any atom is 0.350 e. The molecule has 158 valence electrons. The second-order valence-corrected chi connectivity index (χ2v) is 9.81. The van der Waals surface area contributed by atoms with E-state index >= 15 is 0 Å². The highest BCUT2D eigenvalue weighted by atomic mass is 32.2. The molecule has 2 aliphatic heterocycles. The van der Waals surface area contributed by atoms with Crippen molar-refractivity contribution in [1.82, 2.24) is 9.21 Å². The second kappa shape index (κ2) is 7.89. The van der Waals surface area contributed by atoms with E-state index in [2.05, 4.69) is 9.73 Å². The Bertz CT molecular complexity index is 1090. The number of carbonyl (C=O) groups is 3. The van der Waals surface area contributed by atoms with Crippen LogP contribution in [0.25, 0.3) is 0 Å². The molecule has 0 spiro atoms. The van der Waals surface area contributed by atoms with E-state index in [0.717, 1.165) is 16.2 Å². The minimum atomic E-state index is -3.90. The van der Waals surface area contributed by atoms with Crippen LogP contribution in [0.15, 0.2) is 45.6 Å². The van der Waals surface area contributed by atoms with E-state index < -0.39 is 34.0 Å². The second-order valence-electron chi connectivity index (χ2n) is 6.99. The van der Waals surface area contributed by atoms with Crippen molar-refractivity contribution in [3.8, 4) is 0 Å². The lowest BCUT2D eigenvalue weighted by molar-refractivity contribution is -0.131. The third-order valence-corrected chi connectivity index (χ3v) is 8.31. The molecule has 3 aliphatic rings. The number of allylic oxidation sites excluding steroid dienone is 3. The summed E-state index contributed by atoms with van der Waals surface area (Å²) in [6.45, 7) is 0.245. The van der Waals surface area contributed by atoms with E-state index in [-0.39, 0.29) is 28.8 Å². The molecule has 1 aliphatic carbocycles. The van der Waals surface area contributed by atoms with Crippen molar-refractivity contribution in [1.29, 1.82) is 0 Å². The normalized spacial score (nSPS) is 22.8. The number of thiophene rings is 1. The number of hydrogen-bond donors (Lipinski definition) is 0. The molecular weight excluding hydrogens is 430 g/mol. The summed E-state index contributed by atoms with van der Waals surface area (Å²) >= 11 is 1.00. The van der Waals surface area contributed by atoms with Crippen molar-refractivity contribution >= 4 is 45.0 Å². The molecule has 3 heterocycles. The number of amides is 3. The number of imide groups is 1. The molecule has 0 radical (unpaired) electrons. The predicted molar refractivity (Wildman–Crippen MR) is 109 cm³/mol. The first-order valence-electron chi connectivity index (χ1n) is 9.31. The summed E-state index contributed by atoms with van der Waals surface area (Å²) in [5, 5.41) is 1.53. The molecule has 30 heavy (non-hydrogen) atoms. The fourth-order valence-electron chi connectivity index (χ4n) is 3.81. The van der Waals surface area contributed by atoms with Crippen molar-refractivity contribution in [2.75, 3.05) is 20.2 Å². The number of hydrogen-bond acceptors (Lipinski definition) is 7. The largest absolute Gasteiger partial charge is 0.465 e. The minimum Gasteiger partial charge on any atom is -0.465 e. The molecule has 0 bridgehead atoms. The first-order valence-corrected chi connectivity index (χ1v) is 11.6. The Kier molecular flexibility index (Phi) is 5.43. The average Bonchev–Trinajstić information content (AvgIpc) is 3.24. The molecule has 11 heteroatoms. The van der Waals surface area contributed by atoms with Crippen LogP contribution in [0.4, 0.5) is 4.79 Å². The lowest BCUT2D eigenvalue weighted by Gasteiger charge is -2.38. The number of urea groups is 1. The lowest BCUT2D eigenvalue weighted by Crippen LogP contribution is -2.54. The summed E-state index contributed by atoms with van der Waals surface area (Å²) < 4.78 is 32.0. The summed E-state index contributed by atoms with van der Waals surface area (Å²) in [6, 6.07) is 0.344. The van der Waals surface area contributed by atoms with Crippen molar-refractivity contribution in [3.05, 3.63) is 40.6 Å². The number of fused-ring (bicyclic) bond motifs is 1. The number of nitrogens with zero attached hydrogens (tertiary/aromatic N) is 3. The third-order valence-electron chi connectivity index (χ3n) is 5.34. The smallest absolute Gasteiger partial charge is 0.350 e. The molecule has 4 rings (SSSR count). The monoisotopic (exact) mass is 449 g/mol. The van der Waals surface area contributed by atoms with Gasteiger partial charge >= 0.3 is 12.0 Å². The van der Waals surface area contributed by atoms with Crippen LogP contribution in [-0.4, -0.2) is 67.5 Å². The molecule has 1 unspecified atom stereocenters. The van der Waals surface area contributed by atoms with Gasteiger partial charge in [0.05, 0.1) is 18.7 Å². The van der Waals surface area contributed by atoms with E-state index in [4.69, 9.17) is 0 Å². The fourth-order valence-corrected chi connectivity index (χ4v) is 6.59. The number of carbonyl (C=O) groups excluding carboxylic acids is 3. The van der Waals surface area contributed by atoms with Gasteiger partial charge in [0.2, 0.25) is 15.9 Å². The third kappa shape index (κ3) is 3.42. The van der Waals surface area contributed by atoms with Crippen LogP contribution >= 0.6 is 11.3 Å². The zero-order chi connectivity index (χ0) is 21.5. The molecule has 1 fully saturated rings. The summed E-state index contributed by atoms with van der Waals surface area (Å²) in [5.41, 5.74) is 0.427. The Balaban J connectivity index is 1.50. The zero-order valence-electron chi connectivity index (χ0n) is 16.1. The van der Waals surface area contributed by atoms with Gasteiger partial charge in [-0.25, -0.2) is 18.0 Å². The molecule has 1 aromatic heterocycles. The number of methoxy groups -OCH3 is 1. The maximum absolute atomic E-state index is 13.0. The Morgan fingerprint density at radius 2 is 1.97 bits per heavy atom. The Morgan fingerprint density at radius 3 is 2.67 bits per heavy atom. The predicted octanol–water partition coefficient (Wildman–Crippen LogP) is 1.83. The number of rotatable bonds is 4. The van der Waals surface area contributed by atoms with Gasteiger partial charge in [-0.15, -0.1) is 11.3 Å². The molecule has 0 saturated carbocycles. The van der Waals surface area contributed by atoms with Crippen LogP contribution in [0.1, 0.15) is 22.5 Å². The Hall–Kier alpha value is -2.63. The van der Waals surface area contributed by atoms with Gasteiger partial charge in [-0.05, 0) is 30.4 Å². The van der Waals surface area contributed by atoms with Crippen molar-refractivity contribution in [2.45, 2.75) is 23.8 Å². The van der Waals surface area contributed by atoms with Crippen LogP contribution in [0.3, 0.4) is 0 Å². The zero-order valence-corrected chi connectivity index (χ0v) is 17.7. The molecule has 3 amide bonds. The standard InChI is InChI=1S/C19H19N3O6S2/c1-28-18(24)16-15(8-11-29-16)30(26,27)21-9-6-12(7-10-21)22-17(23)13-4-2-3-5-14(13)20-19(22)25/h2-5,8,11-13H,6-7,9-10H2,1H3. The van der Waals surface area contributed by atoms with Crippen LogP contribution in [0, 0.1) is 5.92 Å². The lowest BCUT2D eigenvalue weighted by atomic mass is 9.93. The topological polar surface area (TPSA) is 113 Å². The molecule has 1 aromatic rings. The van der Waals surface area contributed by atoms with Crippen molar-refractivity contribution in [2.24, 2.45) is 10.9 Å². The van der Waals surface area contributed by atoms with Gasteiger partial charge in [-0.3, -0.25) is 9.69 Å². The molecule has 0 N–H and O–H groups in total. The minimum absolute atomic E-state index is 0.0278. The number of ether oxygens (including phenoxy) is 1. The fraction of sp³-hybridized carbons (Fsp3) is 0.368. The van der Waals surface area contributed by atoms with Crippen LogP contribution in [0.2, 0.25) is 0 Å². The summed E-state index contributed by atoms with van der Waals surface area (Å²) in [4.78, 5) is 42.3. The van der Waals surface area contributed by atoms with E-state index in [0.29, 0.717) is 18.6 Å². The van der Waals surface area contributed by atoms with Crippen LogP contribution < -0.4 is 0 Å². The van der Waals surface area contributed by atoms with Gasteiger partial charge < -0.3 is 4.74 Å². The quantitative estimate of drug-likeness (QED) is 0.648. The Labute approximate surface area is 177 Å². The highest BCUT2D eigenvalue weighted by Crippen LogP contribution is 2.30. The first-order chi connectivity index (χ1) is 14.3. The van der Waals surface area contributed by atoms with Gasteiger partial charge in [-0.2, -0.15) is 9.30 Å². The Morgan fingerprint density at radius 1 is 1.23 bits per heavy atom. The van der Waals surface area contributed by atoms with Gasteiger partial charge in [0.25, 0.3) is 0 Å². The number of aliphatic imine (C=N–C) groups is 1. The SMILES string of the molecule is COC(=O)c1sccc1S(=O)(=O)N1CCC(N2C(=O)N=C3C=CC=CC3C2=O)CC1. The molecule has 9 nitrogen and oxygen atoms in total. The summed E-state index contributed by atoms with van der Waals surface area (Å²) in [6.07, 6.45) is 7.40. The van der Waals surface area contributed by atoms with Crippen LogP contribution in [-0.2, 0) is 19.6 Å². The van der Waals surface area contributed by atoms with Crippen molar-refractivity contribution < 1.29 is 27.5 Å². The average molecular weight is 450 g/mol. The number of piperidine rings is 1. The van der Waals surface area contributed by atoms with Crippen molar-refractivity contribution in [3.63, 3.8) is 0 Å². The van der Waals surface area contributed by atoms with Gasteiger partial charge in [0.15, 0.2) is 0 Å². The number of sulfonamides is 1. The van der Waals surface area contributed by atoms with E-state index in [1.165, 1.54) is 22.9 Å². The highest BCUT2D eigenvalue weighted by molar-refractivity contribution is 7.89.